The van der Waals surface area contributed by atoms with Gasteiger partial charge in [-0.2, -0.15) is 0 Å². The number of ether oxygens (including phenoxy) is 1. The summed E-state index contributed by atoms with van der Waals surface area (Å²) in [6.07, 6.45) is 4.70. The van der Waals surface area contributed by atoms with Gasteiger partial charge < -0.3 is 14.9 Å². The van der Waals surface area contributed by atoms with Crippen molar-refractivity contribution in [2.24, 2.45) is 5.92 Å². The molecule has 2 N–H and O–H groups in total. The molecule has 0 aromatic rings. The number of unbranched alkanes of at least 4 members (excludes halogenated alkanes) is 1. The molecular formula is C11H22O3. The number of rotatable bonds is 5. The molecule has 0 aromatic heterocycles. The van der Waals surface area contributed by atoms with Gasteiger partial charge in [-0.25, -0.2) is 0 Å². The second kappa shape index (κ2) is 6.38. The van der Waals surface area contributed by atoms with Gasteiger partial charge in [-0.15, -0.1) is 0 Å². The van der Waals surface area contributed by atoms with Crippen LogP contribution in [-0.2, 0) is 4.74 Å². The van der Waals surface area contributed by atoms with E-state index in [0.717, 1.165) is 38.5 Å². The molecule has 0 spiro atoms. The fourth-order valence-electron chi connectivity index (χ4n) is 1.87. The fraction of sp³-hybridized carbons (Fsp3) is 1.00. The Morgan fingerprint density at radius 3 is 2.50 bits per heavy atom. The topological polar surface area (TPSA) is 49.7 Å². The van der Waals surface area contributed by atoms with Gasteiger partial charge in [-0.05, 0) is 32.1 Å². The minimum atomic E-state index is -0.617. The van der Waals surface area contributed by atoms with Gasteiger partial charge in [0.05, 0.1) is 6.10 Å². The van der Waals surface area contributed by atoms with Gasteiger partial charge in [0.15, 0.2) is 6.29 Å². The Labute approximate surface area is 86.1 Å². The molecule has 1 rings (SSSR count). The smallest absolute Gasteiger partial charge is 0.157 e. The molecule has 1 unspecified atom stereocenters. The first kappa shape index (κ1) is 12.0. The first-order chi connectivity index (χ1) is 6.74. The zero-order valence-corrected chi connectivity index (χ0v) is 8.98. The predicted octanol–water partition coefficient (Wildman–Crippen LogP) is 1.67. The summed E-state index contributed by atoms with van der Waals surface area (Å²) in [4.78, 5) is 0. The lowest BCUT2D eigenvalue weighted by Crippen LogP contribution is -2.29. The number of aliphatic hydroxyl groups is 2. The lowest BCUT2D eigenvalue weighted by atomic mass is 9.87. The van der Waals surface area contributed by atoms with Crippen molar-refractivity contribution >= 4 is 0 Å². The summed E-state index contributed by atoms with van der Waals surface area (Å²) >= 11 is 0. The maximum atomic E-state index is 9.68. The Bertz CT molecular complexity index is 141. The molecule has 1 aliphatic carbocycles. The highest BCUT2D eigenvalue weighted by Crippen LogP contribution is 2.27. The van der Waals surface area contributed by atoms with E-state index >= 15 is 0 Å². The van der Waals surface area contributed by atoms with E-state index in [-0.39, 0.29) is 12.0 Å². The number of hydrogen-bond acceptors (Lipinski definition) is 3. The molecule has 0 aromatic carbocycles. The van der Waals surface area contributed by atoms with Crippen LogP contribution in [0.5, 0.6) is 0 Å². The molecule has 1 fully saturated rings. The van der Waals surface area contributed by atoms with Crippen LogP contribution in [0.2, 0.25) is 0 Å². The third kappa shape index (κ3) is 3.95. The Hall–Kier alpha value is -0.120. The third-order valence-corrected chi connectivity index (χ3v) is 2.93. The quantitative estimate of drug-likeness (QED) is 0.526. The van der Waals surface area contributed by atoms with Crippen molar-refractivity contribution in [3.05, 3.63) is 0 Å². The largest absolute Gasteiger partial charge is 0.393 e. The predicted molar refractivity (Wildman–Crippen MR) is 54.8 cm³/mol. The van der Waals surface area contributed by atoms with Crippen molar-refractivity contribution in [1.82, 2.24) is 0 Å². The maximum absolute atomic E-state index is 9.68. The van der Waals surface area contributed by atoms with Gasteiger partial charge in [-0.1, -0.05) is 13.3 Å². The van der Waals surface area contributed by atoms with E-state index in [1.807, 2.05) is 0 Å². The highest BCUT2D eigenvalue weighted by Gasteiger charge is 2.25. The van der Waals surface area contributed by atoms with Crippen LogP contribution < -0.4 is 0 Å². The average Bonchev–Trinajstić information content (AvgIpc) is 2.19. The van der Waals surface area contributed by atoms with Crippen molar-refractivity contribution in [3.8, 4) is 0 Å². The summed E-state index contributed by atoms with van der Waals surface area (Å²) in [5.41, 5.74) is 0. The standard InChI is InChI=1S/C11H22O3/c1-2-3-8-14-11(13)9-4-6-10(12)7-5-9/h9-13H,2-8H2,1H3. The van der Waals surface area contributed by atoms with E-state index in [9.17, 15) is 10.2 Å². The molecule has 3 nitrogen and oxygen atoms in total. The molecule has 0 aliphatic heterocycles. The van der Waals surface area contributed by atoms with E-state index in [0.29, 0.717) is 6.61 Å². The van der Waals surface area contributed by atoms with Gasteiger partial charge >= 0.3 is 0 Å². The summed E-state index contributed by atoms with van der Waals surface area (Å²) in [7, 11) is 0. The zero-order valence-electron chi connectivity index (χ0n) is 8.98. The maximum Gasteiger partial charge on any atom is 0.157 e. The van der Waals surface area contributed by atoms with Crippen LogP contribution in [0.15, 0.2) is 0 Å². The van der Waals surface area contributed by atoms with Crippen LogP contribution in [0.25, 0.3) is 0 Å². The highest BCUT2D eigenvalue weighted by molar-refractivity contribution is 4.73. The van der Waals surface area contributed by atoms with E-state index in [1.165, 1.54) is 0 Å². The minimum absolute atomic E-state index is 0.158. The van der Waals surface area contributed by atoms with E-state index < -0.39 is 6.29 Å². The number of aliphatic hydroxyl groups excluding tert-OH is 2. The lowest BCUT2D eigenvalue weighted by molar-refractivity contribution is -0.145. The molecule has 0 heterocycles. The van der Waals surface area contributed by atoms with Gasteiger partial charge in [0.25, 0.3) is 0 Å². The van der Waals surface area contributed by atoms with E-state index in [4.69, 9.17) is 4.74 Å². The average molecular weight is 202 g/mol. The third-order valence-electron chi connectivity index (χ3n) is 2.93. The summed E-state index contributed by atoms with van der Waals surface area (Å²) < 4.78 is 5.33. The normalized spacial score (nSPS) is 30.2. The van der Waals surface area contributed by atoms with Crippen LogP contribution in [0.1, 0.15) is 45.4 Å². The molecule has 84 valence electrons. The van der Waals surface area contributed by atoms with E-state index in [2.05, 4.69) is 6.92 Å². The fourth-order valence-corrected chi connectivity index (χ4v) is 1.87. The monoisotopic (exact) mass is 202 g/mol. The summed E-state index contributed by atoms with van der Waals surface area (Å²) in [6.45, 7) is 2.75. The zero-order chi connectivity index (χ0) is 10.4. The van der Waals surface area contributed by atoms with Crippen LogP contribution >= 0.6 is 0 Å². The SMILES string of the molecule is CCCCOC(O)C1CCC(O)CC1. The number of hydrogen-bond donors (Lipinski definition) is 2. The summed E-state index contributed by atoms with van der Waals surface area (Å²) in [5, 5.41) is 19.0. The molecule has 3 heteroatoms. The van der Waals surface area contributed by atoms with Gasteiger partial charge in [0.1, 0.15) is 0 Å². The molecule has 1 aliphatic rings. The first-order valence-corrected chi connectivity index (χ1v) is 5.71. The molecule has 1 atom stereocenters. The van der Waals surface area contributed by atoms with E-state index in [1.54, 1.807) is 0 Å². The second-order valence-electron chi connectivity index (χ2n) is 4.18. The Morgan fingerprint density at radius 1 is 1.29 bits per heavy atom. The molecule has 14 heavy (non-hydrogen) atoms. The molecule has 0 saturated heterocycles. The summed E-state index contributed by atoms with van der Waals surface area (Å²) in [5.74, 6) is 0.232. The first-order valence-electron chi connectivity index (χ1n) is 5.71. The Morgan fingerprint density at radius 2 is 1.93 bits per heavy atom. The molecule has 0 bridgehead atoms. The molecule has 0 amide bonds. The van der Waals surface area contributed by atoms with Crippen molar-refractivity contribution in [3.63, 3.8) is 0 Å². The summed E-state index contributed by atoms with van der Waals surface area (Å²) in [6, 6.07) is 0. The van der Waals surface area contributed by atoms with Crippen molar-refractivity contribution in [2.45, 2.75) is 57.8 Å². The molecule has 1 saturated carbocycles. The highest BCUT2D eigenvalue weighted by atomic mass is 16.6. The lowest BCUT2D eigenvalue weighted by Gasteiger charge is -2.28. The van der Waals surface area contributed by atoms with Gasteiger partial charge in [-0.3, -0.25) is 0 Å². The molecule has 0 radical (unpaired) electrons. The Balaban J connectivity index is 2.13. The van der Waals surface area contributed by atoms with Crippen molar-refractivity contribution in [2.75, 3.05) is 6.61 Å². The second-order valence-corrected chi connectivity index (χ2v) is 4.18. The van der Waals surface area contributed by atoms with Crippen LogP contribution in [0.3, 0.4) is 0 Å². The van der Waals surface area contributed by atoms with Crippen LogP contribution in [0, 0.1) is 5.92 Å². The minimum Gasteiger partial charge on any atom is -0.393 e. The van der Waals surface area contributed by atoms with Crippen molar-refractivity contribution < 1.29 is 14.9 Å². The van der Waals surface area contributed by atoms with Crippen LogP contribution in [-0.4, -0.2) is 29.2 Å². The van der Waals surface area contributed by atoms with Crippen molar-refractivity contribution in [1.29, 1.82) is 0 Å². The van der Waals surface area contributed by atoms with Gasteiger partial charge in [0.2, 0.25) is 0 Å². The van der Waals surface area contributed by atoms with Crippen LogP contribution in [0.4, 0.5) is 0 Å². The Kier molecular flexibility index (Phi) is 5.45. The van der Waals surface area contributed by atoms with Gasteiger partial charge in [0, 0.05) is 12.5 Å². The molecular weight excluding hydrogens is 180 g/mol.